The van der Waals surface area contributed by atoms with Crippen LogP contribution in [0.25, 0.3) is 10.9 Å². The van der Waals surface area contributed by atoms with Crippen LogP contribution in [-0.4, -0.2) is 53.0 Å². The van der Waals surface area contributed by atoms with Gasteiger partial charge in [-0.1, -0.05) is 53.6 Å². The lowest BCUT2D eigenvalue weighted by molar-refractivity contribution is 0.165. The highest BCUT2D eigenvalue weighted by Gasteiger charge is 2.24. The third-order valence-electron chi connectivity index (χ3n) is 7.77. The van der Waals surface area contributed by atoms with Crippen LogP contribution >= 0.6 is 23.4 Å². The van der Waals surface area contributed by atoms with E-state index in [0.29, 0.717) is 29.5 Å². The first-order valence-electron chi connectivity index (χ1n) is 14.4. The van der Waals surface area contributed by atoms with Gasteiger partial charge < -0.3 is 20.6 Å². The van der Waals surface area contributed by atoms with Crippen molar-refractivity contribution in [1.82, 2.24) is 15.3 Å². The molecule has 0 bridgehead atoms. The largest absolute Gasteiger partial charge is 0.388 e. The number of rotatable bonds is 11. The van der Waals surface area contributed by atoms with Gasteiger partial charge in [0.15, 0.2) is 0 Å². The topological polar surface area (TPSA) is 73.3 Å². The van der Waals surface area contributed by atoms with Gasteiger partial charge in [-0.2, -0.15) is 4.98 Å². The van der Waals surface area contributed by atoms with E-state index in [1.165, 1.54) is 10.5 Å². The summed E-state index contributed by atoms with van der Waals surface area (Å²) in [5.41, 5.74) is 3.12. The van der Waals surface area contributed by atoms with Crippen molar-refractivity contribution in [2.45, 2.75) is 67.4 Å². The number of hydrogen-bond donors (Lipinski definition) is 3. The van der Waals surface area contributed by atoms with E-state index in [0.717, 1.165) is 54.5 Å². The molecule has 0 saturated heterocycles. The third-order valence-corrected chi connectivity index (χ3v) is 9.25. The van der Waals surface area contributed by atoms with Gasteiger partial charge in [-0.3, -0.25) is 0 Å². The molecule has 2 unspecified atom stereocenters. The Morgan fingerprint density at radius 1 is 0.927 bits per heavy atom. The molecular weight excluding hydrogens is 550 g/mol. The summed E-state index contributed by atoms with van der Waals surface area (Å²) in [6, 6.07) is 25.2. The Balaban J connectivity index is 1.17. The molecule has 6 nitrogen and oxygen atoms in total. The highest BCUT2D eigenvalue weighted by atomic mass is 35.5. The number of hydrogen-bond acceptors (Lipinski definition) is 7. The van der Waals surface area contributed by atoms with Crippen molar-refractivity contribution in [1.29, 1.82) is 0 Å². The number of aliphatic hydroxyl groups is 1. The van der Waals surface area contributed by atoms with Crippen LogP contribution in [0.2, 0.25) is 5.02 Å². The first kappa shape index (κ1) is 29.6. The van der Waals surface area contributed by atoms with Crippen molar-refractivity contribution in [2.75, 3.05) is 30.9 Å². The van der Waals surface area contributed by atoms with E-state index in [-0.39, 0.29) is 5.25 Å². The zero-order valence-electron chi connectivity index (χ0n) is 24.1. The Morgan fingerprint density at radius 3 is 2.32 bits per heavy atom. The van der Waals surface area contributed by atoms with Crippen LogP contribution in [0.5, 0.6) is 0 Å². The molecule has 216 valence electrons. The average molecular weight is 590 g/mol. The van der Waals surface area contributed by atoms with Crippen LogP contribution in [0.1, 0.15) is 49.3 Å². The maximum Gasteiger partial charge on any atom is 0.225 e. The molecule has 5 rings (SSSR count). The summed E-state index contributed by atoms with van der Waals surface area (Å²) in [6.45, 7) is 2.95. The van der Waals surface area contributed by atoms with Gasteiger partial charge in [0.1, 0.15) is 5.82 Å². The first-order valence-corrected chi connectivity index (χ1v) is 15.7. The monoisotopic (exact) mass is 589 g/mol. The zero-order chi connectivity index (χ0) is 28.8. The molecule has 4 aromatic rings. The molecule has 1 aliphatic carbocycles. The normalized spacial score (nSPS) is 18.7. The average Bonchev–Trinajstić information content (AvgIpc) is 2.97. The predicted octanol–water partition coefficient (Wildman–Crippen LogP) is 7.25. The van der Waals surface area contributed by atoms with Crippen molar-refractivity contribution in [3.8, 4) is 0 Å². The second-order valence-electron chi connectivity index (χ2n) is 11.2. The highest BCUT2D eigenvalue weighted by molar-refractivity contribution is 8.00. The number of thioether (sulfide) groups is 1. The maximum atomic E-state index is 11.0. The standard InChI is InChI=1S/C33H40ClN5OS/c1-22-8-18-27(19-9-22)41-28(20-31(40)23-10-12-24(34)13-11-23)21-35-25-14-16-26(17-15-25)36-33-37-30-7-5-4-6-29(30)32(38-33)39(2)3/h4-13,18-19,25-26,28,31,35,40H,14-17,20-21H2,1-3H3,(H,36,37,38). The van der Waals surface area contributed by atoms with Crippen LogP contribution in [0.3, 0.4) is 0 Å². The minimum Gasteiger partial charge on any atom is -0.388 e. The van der Waals surface area contributed by atoms with Crippen LogP contribution in [0.4, 0.5) is 11.8 Å². The Morgan fingerprint density at radius 2 is 1.61 bits per heavy atom. The molecule has 0 amide bonds. The van der Waals surface area contributed by atoms with Crippen molar-refractivity contribution in [2.24, 2.45) is 0 Å². The SMILES string of the molecule is Cc1ccc(SC(CNC2CCC(Nc3nc(N(C)C)c4ccccc4n3)CC2)CC(O)c2ccc(Cl)cc2)cc1. The molecule has 41 heavy (non-hydrogen) atoms. The first-order chi connectivity index (χ1) is 19.8. The smallest absolute Gasteiger partial charge is 0.225 e. The summed E-state index contributed by atoms with van der Waals surface area (Å²) < 4.78 is 0. The molecule has 3 aromatic carbocycles. The van der Waals surface area contributed by atoms with E-state index < -0.39 is 6.10 Å². The van der Waals surface area contributed by atoms with Gasteiger partial charge in [0, 0.05) is 53.3 Å². The van der Waals surface area contributed by atoms with Gasteiger partial charge in [-0.05, 0) is 81.0 Å². The van der Waals surface area contributed by atoms with Crippen molar-refractivity contribution in [3.63, 3.8) is 0 Å². The van der Waals surface area contributed by atoms with Gasteiger partial charge in [0.25, 0.3) is 0 Å². The number of halogens is 1. The van der Waals surface area contributed by atoms with E-state index in [1.54, 1.807) is 0 Å². The molecule has 3 N–H and O–H groups in total. The fourth-order valence-electron chi connectivity index (χ4n) is 5.44. The maximum absolute atomic E-state index is 11.0. The fraction of sp³-hybridized carbons (Fsp3) is 0.394. The summed E-state index contributed by atoms with van der Waals surface area (Å²) in [4.78, 5) is 12.9. The summed E-state index contributed by atoms with van der Waals surface area (Å²) in [5.74, 6) is 1.64. The molecule has 0 aliphatic heterocycles. The molecule has 8 heteroatoms. The second-order valence-corrected chi connectivity index (χ2v) is 13.0. The summed E-state index contributed by atoms with van der Waals surface area (Å²) >= 11 is 7.90. The number of aromatic nitrogens is 2. The Hall–Kier alpha value is -2.84. The zero-order valence-corrected chi connectivity index (χ0v) is 25.6. The lowest BCUT2D eigenvalue weighted by atomic mass is 9.91. The van der Waals surface area contributed by atoms with Crippen molar-refractivity contribution in [3.05, 3.63) is 88.9 Å². The van der Waals surface area contributed by atoms with Crippen molar-refractivity contribution < 1.29 is 5.11 Å². The molecular formula is C33H40ClN5OS. The Labute approximate surface area is 252 Å². The minimum absolute atomic E-state index is 0.231. The summed E-state index contributed by atoms with van der Waals surface area (Å²) in [7, 11) is 4.04. The number of aryl methyl sites for hydroxylation is 1. The molecule has 1 fully saturated rings. The molecule has 0 radical (unpaired) electrons. The van der Waals surface area contributed by atoms with E-state index in [9.17, 15) is 5.11 Å². The summed E-state index contributed by atoms with van der Waals surface area (Å²) in [6.07, 6.45) is 4.44. The van der Waals surface area contributed by atoms with Gasteiger partial charge >= 0.3 is 0 Å². The number of fused-ring (bicyclic) bond motifs is 1. The Bertz CT molecular complexity index is 1410. The minimum atomic E-state index is -0.536. The third kappa shape index (κ3) is 8.13. The molecule has 1 saturated carbocycles. The number of nitrogens with one attached hydrogen (secondary N) is 2. The molecule has 1 aliphatic rings. The van der Waals surface area contributed by atoms with E-state index in [4.69, 9.17) is 21.6 Å². The van der Waals surface area contributed by atoms with Gasteiger partial charge in [-0.25, -0.2) is 4.98 Å². The van der Waals surface area contributed by atoms with Gasteiger partial charge in [0.2, 0.25) is 5.95 Å². The number of nitrogens with zero attached hydrogens (tertiary/aromatic N) is 3. The van der Waals surface area contributed by atoms with E-state index >= 15 is 0 Å². The molecule has 1 aromatic heterocycles. The number of aliphatic hydroxyl groups excluding tert-OH is 1. The number of para-hydroxylation sites is 1. The number of benzene rings is 3. The van der Waals surface area contributed by atoms with Crippen LogP contribution in [-0.2, 0) is 0 Å². The van der Waals surface area contributed by atoms with Gasteiger partial charge in [0.05, 0.1) is 11.6 Å². The molecule has 1 heterocycles. The van der Waals surface area contributed by atoms with E-state index in [1.807, 2.05) is 73.2 Å². The quantitative estimate of drug-likeness (QED) is 0.159. The molecule has 2 atom stereocenters. The second kappa shape index (κ2) is 13.9. The predicted molar refractivity (Wildman–Crippen MR) is 173 cm³/mol. The van der Waals surface area contributed by atoms with Crippen LogP contribution in [0.15, 0.2) is 77.7 Å². The fourth-order valence-corrected chi connectivity index (χ4v) is 6.70. The van der Waals surface area contributed by atoms with Gasteiger partial charge in [-0.15, -0.1) is 11.8 Å². The van der Waals surface area contributed by atoms with E-state index in [2.05, 4.69) is 47.9 Å². The highest BCUT2D eigenvalue weighted by Crippen LogP contribution is 2.32. The van der Waals surface area contributed by atoms with Crippen LogP contribution < -0.4 is 15.5 Å². The summed E-state index contributed by atoms with van der Waals surface area (Å²) in [5, 5.41) is 20.5. The Kier molecular flexibility index (Phi) is 10.0. The molecule has 0 spiro atoms. The van der Waals surface area contributed by atoms with Crippen molar-refractivity contribution >= 4 is 46.0 Å². The van der Waals surface area contributed by atoms with Crippen LogP contribution in [0, 0.1) is 6.92 Å². The lowest BCUT2D eigenvalue weighted by Gasteiger charge is -2.31. The lowest BCUT2D eigenvalue weighted by Crippen LogP contribution is -2.40. The number of anilines is 2.